The summed E-state index contributed by atoms with van der Waals surface area (Å²) in [5.41, 5.74) is -0.726. The quantitative estimate of drug-likeness (QED) is 0.249. The lowest BCUT2D eigenvalue weighted by molar-refractivity contribution is -0.139. The van der Waals surface area contributed by atoms with Gasteiger partial charge in [-0.15, -0.1) is 10.2 Å². The lowest BCUT2D eigenvalue weighted by Crippen LogP contribution is -2.28. The van der Waals surface area contributed by atoms with E-state index >= 15 is 0 Å². The number of H-pyrrole nitrogens is 2. The zero-order valence-corrected chi connectivity index (χ0v) is 17.1. The van der Waals surface area contributed by atoms with E-state index in [1.807, 2.05) is 0 Å². The summed E-state index contributed by atoms with van der Waals surface area (Å²) in [5, 5.41) is 10.7. The molecule has 0 atom stereocenters. The fourth-order valence-electron chi connectivity index (χ4n) is 2.33. The van der Waals surface area contributed by atoms with E-state index in [0.29, 0.717) is 21.9 Å². The summed E-state index contributed by atoms with van der Waals surface area (Å²) in [6.45, 7) is 2.04. The largest absolute Gasteiger partial charge is 0.465 e. The third-order valence-corrected chi connectivity index (χ3v) is 5.61. The lowest BCUT2D eigenvalue weighted by atomic mass is 10.3. The molecule has 0 saturated carbocycles. The highest BCUT2D eigenvalue weighted by molar-refractivity contribution is 8.01. The number of aryl methyl sites for hydroxylation is 2. The first-order valence-corrected chi connectivity index (χ1v) is 10.3. The van der Waals surface area contributed by atoms with E-state index < -0.39 is 11.2 Å². The van der Waals surface area contributed by atoms with Gasteiger partial charge in [0, 0.05) is 19.9 Å². The molecular weight excluding hydrogens is 422 g/mol. The fourth-order valence-corrected chi connectivity index (χ4v) is 3.89. The summed E-state index contributed by atoms with van der Waals surface area (Å²) in [5.74, 6) is -0.138. The summed E-state index contributed by atoms with van der Waals surface area (Å²) in [6, 6.07) is 0. The van der Waals surface area contributed by atoms with Gasteiger partial charge in [0.1, 0.15) is 11.3 Å². The average molecular weight is 439 g/mol. The number of imidazole rings is 1. The van der Waals surface area contributed by atoms with E-state index in [9.17, 15) is 19.2 Å². The topological polar surface area (TPSA) is 165 Å². The molecule has 3 rings (SSSR count). The number of aromatic amines is 2. The van der Waals surface area contributed by atoms with Crippen LogP contribution in [0.3, 0.4) is 0 Å². The number of thioether (sulfide) groups is 1. The molecule has 0 aliphatic heterocycles. The molecule has 0 unspecified atom stereocenters. The maximum atomic E-state index is 12.1. The first-order chi connectivity index (χ1) is 13.9. The van der Waals surface area contributed by atoms with Crippen LogP contribution >= 0.6 is 23.1 Å². The van der Waals surface area contributed by atoms with Gasteiger partial charge >= 0.3 is 11.7 Å². The van der Waals surface area contributed by atoms with E-state index in [2.05, 4.69) is 30.5 Å². The van der Waals surface area contributed by atoms with Gasteiger partial charge in [0.25, 0.3) is 5.56 Å². The molecule has 3 aromatic heterocycles. The number of ether oxygens (including phenoxy) is 1. The number of carbonyl (C=O) groups excluding carboxylic acids is 2. The van der Waals surface area contributed by atoms with Crippen LogP contribution in [0.15, 0.2) is 13.9 Å². The normalized spacial score (nSPS) is 11.0. The van der Waals surface area contributed by atoms with Gasteiger partial charge in [0.2, 0.25) is 11.0 Å². The van der Waals surface area contributed by atoms with Crippen molar-refractivity contribution in [2.24, 2.45) is 7.05 Å². The molecule has 3 aromatic rings. The number of nitrogens with one attached hydrogen (secondary N) is 3. The highest BCUT2D eigenvalue weighted by atomic mass is 32.2. The molecule has 0 radical (unpaired) electrons. The number of hydrogen-bond acceptors (Lipinski definition) is 10. The summed E-state index contributed by atoms with van der Waals surface area (Å²) in [7, 11) is 1.49. The van der Waals surface area contributed by atoms with Gasteiger partial charge in [0.15, 0.2) is 9.99 Å². The molecule has 1 amide bonds. The van der Waals surface area contributed by atoms with Crippen molar-refractivity contribution in [3.63, 3.8) is 0 Å². The number of hydrogen-bond donors (Lipinski definition) is 3. The molecule has 14 heteroatoms. The van der Waals surface area contributed by atoms with Crippen molar-refractivity contribution in [1.82, 2.24) is 29.7 Å². The van der Waals surface area contributed by atoms with Crippen LogP contribution in [-0.4, -0.2) is 54.0 Å². The Kier molecular flexibility index (Phi) is 6.43. The monoisotopic (exact) mass is 439 g/mol. The molecule has 0 spiro atoms. The molecule has 0 bridgehead atoms. The first kappa shape index (κ1) is 20.7. The highest BCUT2D eigenvalue weighted by Crippen LogP contribution is 2.25. The summed E-state index contributed by atoms with van der Waals surface area (Å²) < 4.78 is 6.58. The Balaban J connectivity index is 1.55. The van der Waals surface area contributed by atoms with E-state index in [1.54, 1.807) is 6.92 Å². The van der Waals surface area contributed by atoms with Gasteiger partial charge in [-0.3, -0.25) is 23.9 Å². The van der Waals surface area contributed by atoms with Crippen molar-refractivity contribution in [2.45, 2.75) is 24.1 Å². The Morgan fingerprint density at radius 1 is 1.28 bits per heavy atom. The van der Waals surface area contributed by atoms with Crippen molar-refractivity contribution >= 4 is 51.3 Å². The number of esters is 1. The summed E-state index contributed by atoms with van der Waals surface area (Å²) in [6.07, 6.45) is 0.313. The molecule has 0 saturated heterocycles. The molecule has 12 nitrogen and oxygen atoms in total. The zero-order chi connectivity index (χ0) is 21.0. The van der Waals surface area contributed by atoms with Crippen LogP contribution in [0.4, 0.5) is 5.13 Å². The number of anilines is 1. The molecule has 0 aliphatic carbocycles. The van der Waals surface area contributed by atoms with Gasteiger partial charge in [0.05, 0.1) is 12.4 Å². The first-order valence-electron chi connectivity index (χ1n) is 8.47. The third kappa shape index (κ3) is 5.08. The van der Waals surface area contributed by atoms with Crippen LogP contribution < -0.4 is 16.6 Å². The van der Waals surface area contributed by atoms with Crippen molar-refractivity contribution < 1.29 is 14.3 Å². The molecule has 0 aliphatic rings. The van der Waals surface area contributed by atoms with Crippen LogP contribution in [0.2, 0.25) is 0 Å². The second kappa shape index (κ2) is 9.00. The molecule has 3 heterocycles. The van der Waals surface area contributed by atoms with E-state index in [0.717, 1.165) is 11.3 Å². The number of carbonyl (C=O) groups is 2. The minimum Gasteiger partial charge on any atom is -0.465 e. The maximum absolute atomic E-state index is 12.1. The van der Waals surface area contributed by atoms with Crippen LogP contribution in [-0.2, 0) is 27.8 Å². The van der Waals surface area contributed by atoms with E-state index in [4.69, 9.17) is 4.74 Å². The van der Waals surface area contributed by atoms with Gasteiger partial charge in [-0.2, -0.15) is 0 Å². The van der Waals surface area contributed by atoms with Crippen LogP contribution in [0.1, 0.15) is 19.2 Å². The SMILES string of the molecule is CCOC(=O)CSc1nnc(NC(=O)CCc2nc3c([nH]2)c(=O)[nH]c(=O)n3C)s1. The van der Waals surface area contributed by atoms with Crippen LogP contribution in [0, 0.1) is 0 Å². The number of nitrogens with zero attached hydrogens (tertiary/aromatic N) is 4. The summed E-state index contributed by atoms with van der Waals surface area (Å²) >= 11 is 2.32. The highest BCUT2D eigenvalue weighted by Gasteiger charge is 2.14. The van der Waals surface area contributed by atoms with E-state index in [1.165, 1.54) is 23.4 Å². The Hall–Kier alpha value is -3.00. The van der Waals surface area contributed by atoms with Gasteiger partial charge in [-0.1, -0.05) is 23.1 Å². The number of amides is 1. The Morgan fingerprint density at radius 2 is 2.07 bits per heavy atom. The number of aromatic nitrogens is 6. The van der Waals surface area contributed by atoms with Crippen molar-refractivity contribution in [1.29, 1.82) is 0 Å². The second-order valence-electron chi connectivity index (χ2n) is 5.72. The molecule has 29 heavy (non-hydrogen) atoms. The molecular formula is C15H17N7O5S2. The fraction of sp³-hybridized carbons (Fsp3) is 0.400. The predicted molar refractivity (Wildman–Crippen MR) is 106 cm³/mol. The standard InChI is InChI=1S/C15H17N7O5S2/c1-3-27-9(24)6-28-15-21-20-13(29-15)18-8(23)5-4-7-16-10-11(17-7)22(2)14(26)19-12(10)25/h3-6H2,1-2H3,(H,16,17)(H,18,20,23)(H,19,25,26). The smallest absolute Gasteiger partial charge is 0.329 e. The van der Waals surface area contributed by atoms with E-state index in [-0.39, 0.29) is 41.6 Å². The van der Waals surface area contributed by atoms with Crippen molar-refractivity contribution in [2.75, 3.05) is 17.7 Å². The average Bonchev–Trinajstić information content (AvgIpc) is 3.30. The van der Waals surface area contributed by atoms with Crippen LogP contribution in [0.5, 0.6) is 0 Å². The van der Waals surface area contributed by atoms with Crippen LogP contribution in [0.25, 0.3) is 11.2 Å². The predicted octanol–water partition coefficient (Wildman–Crippen LogP) is 0.0279. The Morgan fingerprint density at radius 3 is 2.83 bits per heavy atom. The summed E-state index contributed by atoms with van der Waals surface area (Å²) in [4.78, 5) is 56.1. The number of fused-ring (bicyclic) bond motifs is 1. The second-order valence-corrected chi connectivity index (χ2v) is 7.92. The van der Waals surface area contributed by atoms with Gasteiger partial charge in [-0.05, 0) is 6.92 Å². The minimum atomic E-state index is -0.564. The third-order valence-electron chi connectivity index (χ3n) is 3.66. The molecule has 3 N–H and O–H groups in total. The van der Waals surface area contributed by atoms with Gasteiger partial charge < -0.3 is 15.0 Å². The Labute approximate surface area is 171 Å². The Bertz CT molecular complexity index is 1160. The molecule has 154 valence electrons. The molecule has 0 fully saturated rings. The number of rotatable bonds is 8. The maximum Gasteiger partial charge on any atom is 0.329 e. The zero-order valence-electron chi connectivity index (χ0n) is 15.5. The van der Waals surface area contributed by atoms with Crippen molar-refractivity contribution in [3.8, 4) is 0 Å². The van der Waals surface area contributed by atoms with Crippen molar-refractivity contribution in [3.05, 3.63) is 26.7 Å². The minimum absolute atomic E-state index is 0.0799. The lowest BCUT2D eigenvalue weighted by Gasteiger charge is -1.99. The van der Waals surface area contributed by atoms with Gasteiger partial charge in [-0.25, -0.2) is 9.78 Å². The molecule has 0 aromatic carbocycles.